The monoisotopic (exact) mass is 519 g/mol. The van der Waals surface area contributed by atoms with Crippen LogP contribution in [0, 0.1) is 5.41 Å². The molecule has 0 aliphatic carbocycles. The molecule has 3 aromatic rings. The van der Waals surface area contributed by atoms with E-state index in [1.807, 2.05) is 25.3 Å². The number of nitrogens with two attached hydrogens (primary N) is 1. The third-order valence-electron chi connectivity index (χ3n) is 5.06. The molecule has 0 amide bonds. The van der Waals surface area contributed by atoms with Crippen LogP contribution in [0.15, 0.2) is 42.7 Å². The highest BCUT2D eigenvalue weighted by Gasteiger charge is 2.35. The fourth-order valence-electron chi connectivity index (χ4n) is 3.87. The molecule has 194 valence electrons. The summed E-state index contributed by atoms with van der Waals surface area (Å²) in [7, 11) is 3.17. The Kier molecular flexibility index (Phi) is 9.15. The normalized spacial score (nSPS) is 14.2. The first-order valence-electron chi connectivity index (χ1n) is 10.5. The maximum Gasteiger partial charge on any atom is 0.433 e. The first-order chi connectivity index (χ1) is 16.0. The number of fused-ring (bicyclic) bond motifs is 1. The second-order valence-corrected chi connectivity index (χ2v) is 9.93. The number of benzene rings is 1. The lowest BCUT2D eigenvalue weighted by atomic mass is 9.96. The fraction of sp³-hybridized carbons (Fsp3) is 0.435. The topological polar surface area (TPSA) is 87.2 Å². The van der Waals surface area contributed by atoms with Crippen LogP contribution in [-0.2, 0) is 24.0 Å². The van der Waals surface area contributed by atoms with Crippen LogP contribution in [0.4, 0.5) is 22.0 Å². The largest absolute Gasteiger partial charge is 0.760 e. The van der Waals surface area contributed by atoms with Gasteiger partial charge in [-0.1, -0.05) is 39.0 Å². The third-order valence-corrected chi connectivity index (χ3v) is 5.06. The molecule has 35 heavy (non-hydrogen) atoms. The number of hydrogen-bond acceptors (Lipinski definition) is 4. The molecule has 2 N–H and O–H groups in total. The Morgan fingerprint density at radius 1 is 1.17 bits per heavy atom. The minimum atomic E-state index is -4.60. The Hall–Kier alpha value is -2.41. The van der Waals surface area contributed by atoms with Crippen LogP contribution in [0.25, 0.3) is 22.0 Å². The van der Waals surface area contributed by atoms with E-state index in [0.29, 0.717) is 28.6 Å². The smallest absolute Gasteiger partial charge is 0.433 e. The van der Waals surface area contributed by atoms with Gasteiger partial charge in [0.05, 0.1) is 6.04 Å². The SMILES string of the molecule is CN(C)C(c1cn(CC(C)(C)C)c2cc(-c3cccnc3C(F)(F)F)ccc12)C(F)F.NS(=O)[O-]. The standard InChI is InChI=1S/C23H26F5N3.H3NO2S/c1-22(2,3)13-31-12-17(19(21(24)25)30(4)5)16-9-8-14(11-18(16)31)15-7-6-10-29-20(15)23(26,27)28;1-4(2)3/h6-12,19,21H,13H2,1-5H3;1H2,(H,2,3)/p-1. The molecular weight excluding hydrogens is 491 g/mol. The number of pyridine rings is 1. The van der Waals surface area contributed by atoms with Crippen molar-refractivity contribution in [2.24, 2.45) is 10.6 Å². The van der Waals surface area contributed by atoms with E-state index >= 15 is 0 Å². The predicted octanol–water partition coefficient (Wildman–Crippen LogP) is 5.38. The van der Waals surface area contributed by atoms with Crippen LogP contribution < -0.4 is 5.14 Å². The number of rotatable bonds is 5. The number of nitrogens with zero attached hydrogens (tertiary/aromatic N) is 3. The zero-order valence-electron chi connectivity index (χ0n) is 19.9. The Morgan fingerprint density at radius 2 is 1.77 bits per heavy atom. The van der Waals surface area contributed by atoms with E-state index in [0.717, 1.165) is 6.20 Å². The van der Waals surface area contributed by atoms with Gasteiger partial charge in [0.1, 0.15) is 0 Å². The molecule has 6 nitrogen and oxygen atoms in total. The molecular formula is C23H28F5N4O2S-. The molecule has 0 bridgehead atoms. The zero-order valence-corrected chi connectivity index (χ0v) is 20.8. The van der Waals surface area contributed by atoms with Crippen LogP contribution in [0.2, 0.25) is 0 Å². The number of alkyl halides is 5. The lowest BCUT2D eigenvalue weighted by Gasteiger charge is -2.23. The van der Waals surface area contributed by atoms with Crippen LogP contribution in [0.3, 0.4) is 0 Å². The summed E-state index contributed by atoms with van der Waals surface area (Å²) in [4.78, 5) is 4.99. The minimum Gasteiger partial charge on any atom is -0.760 e. The number of hydrogen-bond donors (Lipinski definition) is 1. The summed E-state index contributed by atoms with van der Waals surface area (Å²) in [6.07, 6.45) is -4.41. The summed E-state index contributed by atoms with van der Waals surface area (Å²) >= 11 is -2.36. The lowest BCUT2D eigenvalue weighted by molar-refractivity contribution is -0.140. The molecule has 0 radical (unpaired) electrons. The van der Waals surface area contributed by atoms with E-state index < -0.39 is 35.6 Å². The molecule has 3 rings (SSSR count). The average molecular weight is 520 g/mol. The molecule has 2 atom stereocenters. The van der Waals surface area contributed by atoms with Gasteiger partial charge in [0.2, 0.25) is 0 Å². The van der Waals surface area contributed by atoms with Gasteiger partial charge in [-0.2, -0.15) is 13.2 Å². The highest BCUT2D eigenvalue weighted by Crippen LogP contribution is 2.39. The molecule has 2 unspecified atom stereocenters. The first kappa shape index (κ1) is 28.8. The highest BCUT2D eigenvalue weighted by molar-refractivity contribution is 7.76. The molecule has 0 saturated carbocycles. The summed E-state index contributed by atoms with van der Waals surface area (Å²) in [5.41, 5.74) is 0.233. The zero-order chi connectivity index (χ0) is 26.7. The molecule has 2 aromatic heterocycles. The van der Waals surface area contributed by atoms with E-state index in [-0.39, 0.29) is 11.0 Å². The molecule has 0 fully saturated rings. The molecule has 0 spiro atoms. The summed E-state index contributed by atoms with van der Waals surface area (Å²) in [5.74, 6) is 0. The van der Waals surface area contributed by atoms with Crippen molar-refractivity contribution in [1.29, 1.82) is 0 Å². The van der Waals surface area contributed by atoms with Crippen LogP contribution in [0.1, 0.15) is 38.1 Å². The van der Waals surface area contributed by atoms with E-state index in [9.17, 15) is 22.0 Å². The highest BCUT2D eigenvalue weighted by atomic mass is 32.2. The summed E-state index contributed by atoms with van der Waals surface area (Å²) in [6, 6.07) is 6.50. The Labute approximate surface area is 203 Å². The predicted molar refractivity (Wildman–Crippen MR) is 125 cm³/mol. The quantitative estimate of drug-likeness (QED) is 0.362. The van der Waals surface area contributed by atoms with Crippen molar-refractivity contribution in [3.63, 3.8) is 0 Å². The summed E-state index contributed by atoms with van der Waals surface area (Å²) < 4.78 is 87.6. The van der Waals surface area contributed by atoms with Crippen LogP contribution >= 0.6 is 0 Å². The van der Waals surface area contributed by atoms with Gasteiger partial charge < -0.3 is 9.12 Å². The molecule has 12 heteroatoms. The maximum absolute atomic E-state index is 13.9. The van der Waals surface area contributed by atoms with Crippen molar-refractivity contribution in [1.82, 2.24) is 14.5 Å². The second kappa shape index (κ2) is 11.1. The van der Waals surface area contributed by atoms with Gasteiger partial charge in [-0.05, 0) is 37.2 Å². The molecule has 0 saturated heterocycles. The van der Waals surface area contributed by atoms with Gasteiger partial charge in [-0.15, -0.1) is 0 Å². The van der Waals surface area contributed by atoms with Crippen LogP contribution in [0.5, 0.6) is 0 Å². The third kappa shape index (κ3) is 7.53. The van der Waals surface area contributed by atoms with Crippen molar-refractivity contribution in [3.05, 3.63) is 54.0 Å². The lowest BCUT2D eigenvalue weighted by Crippen LogP contribution is -2.26. The van der Waals surface area contributed by atoms with Gasteiger partial charge >= 0.3 is 6.18 Å². The Morgan fingerprint density at radius 3 is 2.26 bits per heavy atom. The molecule has 1 aromatic carbocycles. The van der Waals surface area contributed by atoms with Gasteiger partial charge in [-0.25, -0.2) is 8.78 Å². The maximum atomic E-state index is 13.9. The van der Waals surface area contributed by atoms with Crippen LogP contribution in [-0.4, -0.2) is 43.7 Å². The average Bonchev–Trinajstić information content (AvgIpc) is 3.02. The van der Waals surface area contributed by atoms with Crippen molar-refractivity contribution in [2.75, 3.05) is 14.1 Å². The molecule has 2 heterocycles. The Balaban J connectivity index is 0.00000100. The van der Waals surface area contributed by atoms with E-state index in [1.165, 1.54) is 23.1 Å². The fourth-order valence-corrected chi connectivity index (χ4v) is 3.87. The summed E-state index contributed by atoms with van der Waals surface area (Å²) in [6.45, 7) is 6.57. The summed E-state index contributed by atoms with van der Waals surface area (Å²) in [5, 5.41) is 4.63. The van der Waals surface area contributed by atoms with Crippen molar-refractivity contribution in [2.45, 2.75) is 46.0 Å². The van der Waals surface area contributed by atoms with Crippen molar-refractivity contribution in [3.8, 4) is 11.1 Å². The number of aromatic nitrogens is 2. The van der Waals surface area contributed by atoms with Gasteiger partial charge in [0.25, 0.3) is 6.43 Å². The van der Waals surface area contributed by atoms with Crippen molar-refractivity contribution >= 4 is 22.2 Å². The molecule has 0 aliphatic heterocycles. The van der Waals surface area contributed by atoms with Gasteiger partial charge in [0, 0.05) is 52.2 Å². The molecule has 0 aliphatic rings. The number of halogens is 5. The van der Waals surface area contributed by atoms with E-state index in [2.05, 4.69) is 10.1 Å². The van der Waals surface area contributed by atoms with Gasteiger partial charge in [-0.3, -0.25) is 19.2 Å². The van der Waals surface area contributed by atoms with Crippen molar-refractivity contribution < 1.29 is 30.7 Å². The minimum absolute atomic E-state index is 0.0417. The van der Waals surface area contributed by atoms with E-state index in [1.54, 1.807) is 32.4 Å². The van der Waals surface area contributed by atoms with Gasteiger partial charge in [0.15, 0.2) is 5.69 Å². The van der Waals surface area contributed by atoms with E-state index in [4.69, 9.17) is 8.76 Å². The Bertz CT molecular complexity index is 1160. The first-order valence-corrected chi connectivity index (χ1v) is 11.6. The second-order valence-electron chi connectivity index (χ2n) is 9.41.